The maximum Gasteiger partial charge on any atom is 0.255 e. The number of aryl methyl sites for hydroxylation is 2. The summed E-state index contributed by atoms with van der Waals surface area (Å²) in [6.07, 6.45) is 1.76. The van der Waals surface area contributed by atoms with Gasteiger partial charge in [0, 0.05) is 23.0 Å². The lowest BCUT2D eigenvalue weighted by Crippen LogP contribution is -2.11. The van der Waals surface area contributed by atoms with Crippen LogP contribution in [0, 0.1) is 13.8 Å². The molecule has 0 radical (unpaired) electrons. The van der Waals surface area contributed by atoms with E-state index in [1.165, 1.54) is 5.56 Å². The number of rotatable bonds is 3. The summed E-state index contributed by atoms with van der Waals surface area (Å²) in [5, 5.41) is 2.93. The van der Waals surface area contributed by atoms with Crippen molar-refractivity contribution in [3.05, 3.63) is 83.6 Å². The highest BCUT2D eigenvalue weighted by atomic mass is 16.1. The highest BCUT2D eigenvalue weighted by Gasteiger charge is 2.07. The number of nitrogens with one attached hydrogen (secondary N) is 1. The lowest BCUT2D eigenvalue weighted by Gasteiger charge is -2.08. The molecule has 2 aromatic carbocycles. The molecule has 0 saturated carbocycles. The third kappa shape index (κ3) is 3.46. The Kier molecular flexibility index (Phi) is 4.20. The monoisotopic (exact) mass is 302 g/mol. The van der Waals surface area contributed by atoms with E-state index in [0.717, 1.165) is 22.5 Å². The number of aromatic nitrogens is 1. The minimum absolute atomic E-state index is 0.110. The smallest absolute Gasteiger partial charge is 0.255 e. The maximum absolute atomic E-state index is 12.3. The molecule has 0 unspecified atom stereocenters. The van der Waals surface area contributed by atoms with Gasteiger partial charge in [-0.15, -0.1) is 0 Å². The summed E-state index contributed by atoms with van der Waals surface area (Å²) in [5.41, 5.74) is 5.70. The third-order valence-electron chi connectivity index (χ3n) is 3.87. The van der Waals surface area contributed by atoms with Crippen molar-refractivity contribution >= 4 is 11.6 Å². The van der Waals surface area contributed by atoms with Gasteiger partial charge >= 0.3 is 0 Å². The highest BCUT2D eigenvalue weighted by Crippen LogP contribution is 2.18. The van der Waals surface area contributed by atoms with Crippen LogP contribution >= 0.6 is 0 Å². The van der Waals surface area contributed by atoms with Crippen LogP contribution in [-0.4, -0.2) is 10.9 Å². The molecule has 0 aliphatic rings. The molecular formula is C20H18N2O. The quantitative estimate of drug-likeness (QED) is 0.767. The predicted molar refractivity (Wildman–Crippen MR) is 93.5 cm³/mol. The van der Waals surface area contributed by atoms with E-state index in [9.17, 15) is 4.79 Å². The van der Waals surface area contributed by atoms with Crippen molar-refractivity contribution < 1.29 is 4.79 Å². The molecule has 3 aromatic rings. The Morgan fingerprint density at radius 3 is 2.35 bits per heavy atom. The Balaban J connectivity index is 1.76. The first-order valence-electron chi connectivity index (χ1n) is 7.53. The molecule has 0 bridgehead atoms. The Morgan fingerprint density at radius 1 is 0.913 bits per heavy atom. The topological polar surface area (TPSA) is 42.0 Å². The molecule has 0 fully saturated rings. The van der Waals surface area contributed by atoms with Crippen LogP contribution in [-0.2, 0) is 0 Å². The van der Waals surface area contributed by atoms with Crippen LogP contribution in [0.5, 0.6) is 0 Å². The van der Waals surface area contributed by atoms with Crippen LogP contribution < -0.4 is 5.32 Å². The summed E-state index contributed by atoms with van der Waals surface area (Å²) in [7, 11) is 0. The van der Waals surface area contributed by atoms with E-state index in [2.05, 4.69) is 17.2 Å². The fourth-order valence-corrected chi connectivity index (χ4v) is 2.35. The van der Waals surface area contributed by atoms with Crippen molar-refractivity contribution in [1.29, 1.82) is 0 Å². The van der Waals surface area contributed by atoms with E-state index in [0.29, 0.717) is 5.56 Å². The average molecular weight is 302 g/mol. The van der Waals surface area contributed by atoms with Crippen molar-refractivity contribution in [3.63, 3.8) is 0 Å². The number of pyridine rings is 1. The predicted octanol–water partition coefficient (Wildman–Crippen LogP) is 4.62. The molecule has 1 heterocycles. The van der Waals surface area contributed by atoms with E-state index in [1.807, 2.05) is 67.6 Å². The molecular weight excluding hydrogens is 284 g/mol. The molecule has 3 rings (SSSR count). The minimum atomic E-state index is -0.110. The molecule has 0 atom stereocenters. The van der Waals surface area contributed by atoms with E-state index in [-0.39, 0.29) is 5.91 Å². The number of amides is 1. The van der Waals surface area contributed by atoms with Gasteiger partial charge in [0.05, 0.1) is 5.69 Å². The first kappa shape index (κ1) is 15.0. The van der Waals surface area contributed by atoms with Crippen LogP contribution in [0.2, 0.25) is 0 Å². The van der Waals surface area contributed by atoms with Gasteiger partial charge in [0.2, 0.25) is 0 Å². The fraction of sp³-hybridized carbons (Fsp3) is 0.100. The molecule has 3 heteroatoms. The Morgan fingerprint density at radius 2 is 1.70 bits per heavy atom. The molecule has 1 aromatic heterocycles. The minimum Gasteiger partial charge on any atom is -0.322 e. The van der Waals surface area contributed by atoms with Gasteiger partial charge in [-0.25, -0.2) is 0 Å². The standard InChI is InChI=1S/C20H18N2O/c1-14-6-11-18(13-15(14)2)22-20(23)17-9-7-16(8-10-17)19-5-3-4-12-21-19/h3-13H,1-2H3,(H,22,23). The molecule has 0 aliphatic heterocycles. The number of nitrogens with zero attached hydrogens (tertiary/aromatic N) is 1. The van der Waals surface area contributed by atoms with E-state index in [4.69, 9.17) is 0 Å². The molecule has 0 spiro atoms. The first-order chi connectivity index (χ1) is 11.1. The number of benzene rings is 2. The molecule has 1 N–H and O–H groups in total. The second kappa shape index (κ2) is 6.44. The summed E-state index contributed by atoms with van der Waals surface area (Å²) in [6, 6.07) is 19.2. The number of anilines is 1. The van der Waals surface area contributed by atoms with Crippen molar-refractivity contribution in [2.24, 2.45) is 0 Å². The number of carbonyl (C=O) groups is 1. The normalized spacial score (nSPS) is 10.3. The maximum atomic E-state index is 12.3. The molecule has 0 aliphatic carbocycles. The van der Waals surface area contributed by atoms with Crippen LogP contribution in [0.15, 0.2) is 66.9 Å². The van der Waals surface area contributed by atoms with Crippen molar-refractivity contribution in [2.45, 2.75) is 13.8 Å². The Bertz CT molecular complexity index is 824. The van der Waals surface area contributed by atoms with Crippen molar-refractivity contribution in [1.82, 2.24) is 4.98 Å². The van der Waals surface area contributed by atoms with Gasteiger partial charge in [0.25, 0.3) is 5.91 Å². The van der Waals surface area contributed by atoms with Crippen LogP contribution in [0.4, 0.5) is 5.69 Å². The SMILES string of the molecule is Cc1ccc(NC(=O)c2ccc(-c3ccccn3)cc2)cc1C. The van der Waals surface area contributed by atoms with Crippen molar-refractivity contribution in [3.8, 4) is 11.3 Å². The van der Waals surface area contributed by atoms with E-state index >= 15 is 0 Å². The summed E-state index contributed by atoms with van der Waals surface area (Å²) in [4.78, 5) is 16.6. The zero-order chi connectivity index (χ0) is 16.2. The Hall–Kier alpha value is -2.94. The molecule has 114 valence electrons. The van der Waals surface area contributed by atoms with Gasteiger partial charge in [0.1, 0.15) is 0 Å². The van der Waals surface area contributed by atoms with Gasteiger partial charge in [-0.2, -0.15) is 0 Å². The third-order valence-corrected chi connectivity index (χ3v) is 3.87. The molecule has 0 saturated heterocycles. The summed E-state index contributed by atoms with van der Waals surface area (Å²) >= 11 is 0. The summed E-state index contributed by atoms with van der Waals surface area (Å²) < 4.78 is 0. The fourth-order valence-electron chi connectivity index (χ4n) is 2.35. The van der Waals surface area contributed by atoms with Crippen LogP contribution in [0.1, 0.15) is 21.5 Å². The number of hydrogen-bond donors (Lipinski definition) is 1. The highest BCUT2D eigenvalue weighted by molar-refractivity contribution is 6.04. The summed E-state index contributed by atoms with van der Waals surface area (Å²) in [6.45, 7) is 4.09. The van der Waals surface area contributed by atoms with Gasteiger partial charge < -0.3 is 5.32 Å². The zero-order valence-electron chi connectivity index (χ0n) is 13.2. The largest absolute Gasteiger partial charge is 0.322 e. The molecule has 1 amide bonds. The molecule has 23 heavy (non-hydrogen) atoms. The Labute approximate surface area is 136 Å². The van der Waals surface area contributed by atoms with Gasteiger partial charge in [-0.05, 0) is 61.4 Å². The van der Waals surface area contributed by atoms with Crippen molar-refractivity contribution in [2.75, 3.05) is 5.32 Å². The van der Waals surface area contributed by atoms with Crippen LogP contribution in [0.3, 0.4) is 0 Å². The van der Waals surface area contributed by atoms with E-state index in [1.54, 1.807) is 6.20 Å². The number of carbonyl (C=O) groups excluding carboxylic acids is 1. The first-order valence-corrected chi connectivity index (χ1v) is 7.53. The zero-order valence-corrected chi connectivity index (χ0v) is 13.2. The summed E-state index contributed by atoms with van der Waals surface area (Å²) in [5.74, 6) is -0.110. The number of hydrogen-bond acceptors (Lipinski definition) is 2. The van der Waals surface area contributed by atoms with E-state index < -0.39 is 0 Å². The van der Waals surface area contributed by atoms with Gasteiger partial charge in [-0.1, -0.05) is 24.3 Å². The lowest BCUT2D eigenvalue weighted by molar-refractivity contribution is 0.102. The molecule has 3 nitrogen and oxygen atoms in total. The van der Waals surface area contributed by atoms with Gasteiger partial charge in [0.15, 0.2) is 0 Å². The van der Waals surface area contributed by atoms with Crippen LogP contribution in [0.25, 0.3) is 11.3 Å². The second-order valence-corrected chi connectivity index (χ2v) is 5.55. The lowest BCUT2D eigenvalue weighted by atomic mass is 10.1. The van der Waals surface area contributed by atoms with Gasteiger partial charge in [-0.3, -0.25) is 9.78 Å². The second-order valence-electron chi connectivity index (χ2n) is 5.55. The average Bonchev–Trinajstić information content (AvgIpc) is 2.59.